The second kappa shape index (κ2) is 6.21. The molecule has 1 fully saturated rings. The van der Waals surface area contributed by atoms with E-state index in [1.807, 2.05) is 0 Å². The van der Waals surface area contributed by atoms with Gasteiger partial charge in [0.2, 0.25) is 0 Å². The Morgan fingerprint density at radius 3 is 2.09 bits per heavy atom. The normalized spacial score (nSPS) is 19.9. The lowest BCUT2D eigenvalue weighted by Gasteiger charge is -1.91. The minimum Gasteiger partial charge on any atom is -0.0956 e. The van der Waals surface area contributed by atoms with Gasteiger partial charge in [0, 0.05) is 0 Å². The zero-order valence-corrected chi connectivity index (χ0v) is 8.11. The third-order valence-electron chi connectivity index (χ3n) is 1.73. The maximum atomic E-state index is 3.94. The number of rotatable bonds is 0. The van der Waals surface area contributed by atoms with Crippen LogP contribution in [0.1, 0.15) is 46.5 Å². The van der Waals surface area contributed by atoms with Crippen LogP contribution in [0.2, 0.25) is 0 Å². The zero-order chi connectivity index (χ0) is 8.69. The molecule has 0 spiro atoms. The van der Waals surface area contributed by atoms with Gasteiger partial charge in [-0.1, -0.05) is 38.5 Å². The van der Waals surface area contributed by atoms with E-state index in [0.717, 1.165) is 0 Å². The van der Waals surface area contributed by atoms with Crippen molar-refractivity contribution in [2.75, 3.05) is 0 Å². The maximum Gasteiger partial charge on any atom is -0.0276 e. The Hall–Kier alpha value is -0.520. The lowest BCUT2D eigenvalue weighted by atomic mass is 10.1. The first-order valence-electron chi connectivity index (χ1n) is 4.59. The van der Waals surface area contributed by atoms with Gasteiger partial charge in [-0.25, -0.2) is 0 Å². The number of hydrogen-bond donors (Lipinski definition) is 0. The van der Waals surface area contributed by atoms with Crippen molar-refractivity contribution >= 4 is 0 Å². The second-order valence-corrected chi connectivity index (χ2v) is 2.98. The highest BCUT2D eigenvalue weighted by atomic mass is 14.1. The van der Waals surface area contributed by atoms with Crippen LogP contribution in [0, 0.1) is 0 Å². The van der Waals surface area contributed by atoms with Gasteiger partial charge in [-0.05, 0) is 31.8 Å². The molecular formula is C11H20. The summed E-state index contributed by atoms with van der Waals surface area (Å²) in [4.78, 5) is 0. The SMILES string of the molecule is C=C1CCC/C1=C/C.CCC. The first-order valence-corrected chi connectivity index (χ1v) is 4.59. The Morgan fingerprint density at radius 1 is 1.36 bits per heavy atom. The Bertz CT molecular complexity index is 140. The average molecular weight is 152 g/mol. The van der Waals surface area contributed by atoms with E-state index in [9.17, 15) is 0 Å². The fourth-order valence-corrected chi connectivity index (χ4v) is 1.18. The van der Waals surface area contributed by atoms with E-state index in [2.05, 4.69) is 33.4 Å². The lowest BCUT2D eigenvalue weighted by molar-refractivity contribution is 0.933. The molecule has 0 atom stereocenters. The molecule has 64 valence electrons. The molecule has 0 amide bonds. The van der Waals surface area contributed by atoms with Gasteiger partial charge in [-0.3, -0.25) is 0 Å². The third-order valence-corrected chi connectivity index (χ3v) is 1.73. The first kappa shape index (κ1) is 10.5. The largest absolute Gasteiger partial charge is 0.0956 e. The molecule has 1 aliphatic carbocycles. The summed E-state index contributed by atoms with van der Waals surface area (Å²) >= 11 is 0. The Balaban J connectivity index is 0.000000292. The highest BCUT2D eigenvalue weighted by Crippen LogP contribution is 2.27. The van der Waals surface area contributed by atoms with Crippen LogP contribution in [0.15, 0.2) is 23.8 Å². The van der Waals surface area contributed by atoms with Gasteiger partial charge in [0.25, 0.3) is 0 Å². The maximum absolute atomic E-state index is 3.94. The van der Waals surface area contributed by atoms with Crippen LogP contribution in [0.4, 0.5) is 0 Å². The van der Waals surface area contributed by atoms with Crippen molar-refractivity contribution in [1.29, 1.82) is 0 Å². The molecule has 11 heavy (non-hydrogen) atoms. The summed E-state index contributed by atoms with van der Waals surface area (Å²) in [5, 5.41) is 0. The predicted molar refractivity (Wildman–Crippen MR) is 52.7 cm³/mol. The van der Waals surface area contributed by atoms with Crippen molar-refractivity contribution in [1.82, 2.24) is 0 Å². The third kappa shape index (κ3) is 4.02. The van der Waals surface area contributed by atoms with Crippen LogP contribution >= 0.6 is 0 Å². The molecule has 0 radical (unpaired) electrons. The van der Waals surface area contributed by atoms with Crippen LogP contribution in [0.25, 0.3) is 0 Å². The summed E-state index contributed by atoms with van der Waals surface area (Å²) in [6.07, 6.45) is 7.23. The minimum atomic E-state index is 1.22. The van der Waals surface area contributed by atoms with Crippen molar-refractivity contribution in [2.24, 2.45) is 0 Å². The van der Waals surface area contributed by atoms with Crippen LogP contribution in [-0.2, 0) is 0 Å². The molecule has 0 aromatic rings. The minimum absolute atomic E-state index is 1.22. The van der Waals surface area contributed by atoms with E-state index >= 15 is 0 Å². The van der Waals surface area contributed by atoms with Crippen molar-refractivity contribution in [2.45, 2.75) is 46.5 Å². The molecule has 0 saturated heterocycles. The average Bonchev–Trinajstić information content (AvgIpc) is 2.36. The van der Waals surface area contributed by atoms with Crippen LogP contribution in [-0.4, -0.2) is 0 Å². The smallest absolute Gasteiger partial charge is 0.0276 e. The first-order chi connectivity index (χ1) is 5.26. The fourth-order valence-electron chi connectivity index (χ4n) is 1.18. The van der Waals surface area contributed by atoms with E-state index in [1.165, 1.54) is 36.8 Å². The topological polar surface area (TPSA) is 0 Å². The summed E-state index contributed by atoms with van der Waals surface area (Å²) in [5.74, 6) is 0. The zero-order valence-electron chi connectivity index (χ0n) is 8.11. The highest BCUT2D eigenvalue weighted by molar-refractivity contribution is 5.31. The summed E-state index contributed by atoms with van der Waals surface area (Å²) in [5.41, 5.74) is 2.83. The van der Waals surface area contributed by atoms with Gasteiger partial charge in [0.15, 0.2) is 0 Å². The van der Waals surface area contributed by atoms with Crippen molar-refractivity contribution in [3.05, 3.63) is 23.8 Å². The summed E-state index contributed by atoms with van der Waals surface area (Å²) in [6.45, 7) is 10.3. The molecule has 1 aliphatic rings. The van der Waals surface area contributed by atoms with Gasteiger partial charge in [-0.2, -0.15) is 0 Å². The van der Waals surface area contributed by atoms with Gasteiger partial charge >= 0.3 is 0 Å². The van der Waals surface area contributed by atoms with Crippen LogP contribution < -0.4 is 0 Å². The van der Waals surface area contributed by atoms with Gasteiger partial charge in [-0.15, -0.1) is 0 Å². The van der Waals surface area contributed by atoms with Gasteiger partial charge in [0.05, 0.1) is 0 Å². The molecule has 0 aliphatic heterocycles. The second-order valence-electron chi connectivity index (χ2n) is 2.98. The van der Waals surface area contributed by atoms with E-state index in [4.69, 9.17) is 0 Å². The molecule has 0 aromatic heterocycles. The van der Waals surface area contributed by atoms with Crippen molar-refractivity contribution < 1.29 is 0 Å². The Kier molecular flexibility index (Phi) is 5.91. The molecule has 1 saturated carbocycles. The molecular weight excluding hydrogens is 132 g/mol. The molecule has 0 nitrogen and oxygen atoms in total. The van der Waals surface area contributed by atoms with Crippen molar-refractivity contribution in [3.63, 3.8) is 0 Å². The predicted octanol–water partition coefficient (Wildman–Crippen LogP) is 4.09. The van der Waals surface area contributed by atoms with Crippen molar-refractivity contribution in [3.8, 4) is 0 Å². The quantitative estimate of drug-likeness (QED) is 0.490. The molecule has 0 heterocycles. The highest BCUT2D eigenvalue weighted by Gasteiger charge is 2.08. The molecule has 0 heteroatoms. The Labute approximate surface area is 71.0 Å². The molecule has 1 rings (SSSR count). The molecule has 0 N–H and O–H groups in total. The monoisotopic (exact) mass is 152 g/mol. The van der Waals surface area contributed by atoms with Crippen LogP contribution in [0.3, 0.4) is 0 Å². The summed E-state index contributed by atoms with van der Waals surface area (Å²) < 4.78 is 0. The standard InChI is InChI=1S/C8H12.C3H8/c1-3-8-6-4-5-7(8)2;1-3-2/h3H,2,4-6H2,1H3;3H2,1-2H3/b8-3-;. The van der Waals surface area contributed by atoms with Crippen LogP contribution in [0.5, 0.6) is 0 Å². The number of hydrogen-bond acceptors (Lipinski definition) is 0. The lowest BCUT2D eigenvalue weighted by Crippen LogP contribution is -1.71. The molecule has 0 bridgehead atoms. The number of allylic oxidation sites excluding steroid dienone is 3. The van der Waals surface area contributed by atoms with Gasteiger partial charge < -0.3 is 0 Å². The Morgan fingerprint density at radius 2 is 1.91 bits per heavy atom. The van der Waals surface area contributed by atoms with E-state index in [0.29, 0.717) is 0 Å². The van der Waals surface area contributed by atoms with E-state index < -0.39 is 0 Å². The van der Waals surface area contributed by atoms with Gasteiger partial charge in [0.1, 0.15) is 0 Å². The summed E-state index contributed by atoms with van der Waals surface area (Å²) in [7, 11) is 0. The van der Waals surface area contributed by atoms with E-state index in [1.54, 1.807) is 0 Å². The van der Waals surface area contributed by atoms with E-state index in [-0.39, 0.29) is 0 Å². The fraction of sp³-hybridized carbons (Fsp3) is 0.636. The summed E-state index contributed by atoms with van der Waals surface area (Å²) in [6, 6.07) is 0. The molecule has 0 aromatic carbocycles. The molecule has 0 unspecified atom stereocenters.